The van der Waals surface area contributed by atoms with Crippen molar-refractivity contribution in [1.82, 2.24) is 9.55 Å². The molecule has 2 aromatic rings. The molecule has 1 aromatic heterocycles. The molecule has 2 rings (SSSR count). The predicted octanol–water partition coefficient (Wildman–Crippen LogP) is 2.16. The zero-order valence-electron chi connectivity index (χ0n) is 9.49. The molecule has 3 heteroatoms. The lowest BCUT2D eigenvalue weighted by atomic mass is 10.00. The standard InChI is InChI=1S/C12H17N3/c1-4-12(2,13)11-14-9-7-5-6-8-10(9)15(11)3/h5-8H,4,13H2,1-3H3. The van der Waals surface area contributed by atoms with Gasteiger partial charge in [0.15, 0.2) is 0 Å². The zero-order valence-corrected chi connectivity index (χ0v) is 9.49. The Hall–Kier alpha value is -1.35. The second kappa shape index (κ2) is 3.35. The molecular formula is C12H17N3. The lowest BCUT2D eigenvalue weighted by Crippen LogP contribution is -2.35. The largest absolute Gasteiger partial charge is 0.330 e. The Morgan fingerprint density at radius 1 is 1.40 bits per heavy atom. The normalized spacial score (nSPS) is 15.5. The molecule has 0 saturated heterocycles. The third-order valence-electron chi connectivity index (χ3n) is 3.03. The molecule has 0 aliphatic rings. The minimum Gasteiger partial charge on any atom is -0.330 e. The number of imidazole rings is 1. The molecule has 3 nitrogen and oxygen atoms in total. The summed E-state index contributed by atoms with van der Waals surface area (Å²) in [6.45, 7) is 4.10. The van der Waals surface area contributed by atoms with Gasteiger partial charge in [-0.3, -0.25) is 0 Å². The predicted molar refractivity (Wildman–Crippen MR) is 62.5 cm³/mol. The summed E-state index contributed by atoms with van der Waals surface area (Å²) >= 11 is 0. The Morgan fingerprint density at radius 2 is 2.07 bits per heavy atom. The highest BCUT2D eigenvalue weighted by Gasteiger charge is 2.24. The molecule has 0 bridgehead atoms. The minimum atomic E-state index is -0.353. The lowest BCUT2D eigenvalue weighted by molar-refractivity contribution is 0.434. The van der Waals surface area contributed by atoms with Gasteiger partial charge < -0.3 is 10.3 Å². The Morgan fingerprint density at radius 3 is 2.67 bits per heavy atom. The van der Waals surface area contributed by atoms with Gasteiger partial charge in [-0.2, -0.15) is 0 Å². The maximum atomic E-state index is 6.22. The van der Waals surface area contributed by atoms with Crippen LogP contribution in [0.1, 0.15) is 26.1 Å². The summed E-state index contributed by atoms with van der Waals surface area (Å²) in [5, 5.41) is 0. The molecule has 1 heterocycles. The molecule has 80 valence electrons. The number of nitrogens with zero attached hydrogens (tertiary/aromatic N) is 2. The van der Waals surface area contributed by atoms with Gasteiger partial charge in [-0.1, -0.05) is 19.1 Å². The van der Waals surface area contributed by atoms with Crippen LogP contribution < -0.4 is 5.73 Å². The first-order valence-corrected chi connectivity index (χ1v) is 5.27. The number of nitrogens with two attached hydrogens (primary N) is 1. The third kappa shape index (κ3) is 1.53. The molecule has 0 spiro atoms. The molecule has 0 amide bonds. The molecule has 1 aromatic carbocycles. The number of para-hydroxylation sites is 2. The average Bonchev–Trinajstić information content (AvgIpc) is 2.58. The van der Waals surface area contributed by atoms with Crippen LogP contribution in [-0.2, 0) is 12.6 Å². The first-order chi connectivity index (χ1) is 7.06. The van der Waals surface area contributed by atoms with E-state index >= 15 is 0 Å². The van der Waals surface area contributed by atoms with E-state index in [-0.39, 0.29) is 5.54 Å². The fraction of sp³-hybridized carbons (Fsp3) is 0.417. The van der Waals surface area contributed by atoms with Crippen LogP contribution in [0.4, 0.5) is 0 Å². The van der Waals surface area contributed by atoms with E-state index in [0.29, 0.717) is 0 Å². The van der Waals surface area contributed by atoms with Gasteiger partial charge in [0.1, 0.15) is 5.82 Å². The van der Waals surface area contributed by atoms with E-state index in [4.69, 9.17) is 5.73 Å². The quantitative estimate of drug-likeness (QED) is 0.812. The molecule has 0 fully saturated rings. The van der Waals surface area contributed by atoms with E-state index in [0.717, 1.165) is 23.3 Å². The number of fused-ring (bicyclic) bond motifs is 1. The zero-order chi connectivity index (χ0) is 11.1. The van der Waals surface area contributed by atoms with Gasteiger partial charge in [-0.15, -0.1) is 0 Å². The van der Waals surface area contributed by atoms with Crippen molar-refractivity contribution in [2.75, 3.05) is 0 Å². The van der Waals surface area contributed by atoms with Crippen LogP contribution in [0.2, 0.25) is 0 Å². The average molecular weight is 203 g/mol. The summed E-state index contributed by atoms with van der Waals surface area (Å²) in [5.74, 6) is 0.950. The van der Waals surface area contributed by atoms with Crippen LogP contribution in [-0.4, -0.2) is 9.55 Å². The first-order valence-electron chi connectivity index (χ1n) is 5.27. The van der Waals surface area contributed by atoms with Crippen molar-refractivity contribution in [2.24, 2.45) is 12.8 Å². The van der Waals surface area contributed by atoms with Crippen LogP contribution in [0.15, 0.2) is 24.3 Å². The minimum absolute atomic E-state index is 0.353. The molecule has 0 saturated carbocycles. The van der Waals surface area contributed by atoms with E-state index in [1.54, 1.807) is 0 Å². The van der Waals surface area contributed by atoms with Crippen molar-refractivity contribution in [1.29, 1.82) is 0 Å². The number of hydrogen-bond donors (Lipinski definition) is 1. The maximum absolute atomic E-state index is 6.22. The molecular weight excluding hydrogens is 186 g/mol. The fourth-order valence-corrected chi connectivity index (χ4v) is 1.81. The van der Waals surface area contributed by atoms with Crippen molar-refractivity contribution < 1.29 is 0 Å². The van der Waals surface area contributed by atoms with Crippen LogP contribution in [0, 0.1) is 0 Å². The molecule has 0 aliphatic carbocycles. The van der Waals surface area contributed by atoms with Gasteiger partial charge >= 0.3 is 0 Å². The van der Waals surface area contributed by atoms with Gasteiger partial charge in [0.2, 0.25) is 0 Å². The van der Waals surface area contributed by atoms with E-state index in [1.807, 2.05) is 32.2 Å². The Kier molecular flexibility index (Phi) is 2.27. The lowest BCUT2D eigenvalue weighted by Gasteiger charge is -2.21. The summed E-state index contributed by atoms with van der Waals surface area (Å²) in [4.78, 5) is 4.59. The van der Waals surface area contributed by atoms with Crippen LogP contribution >= 0.6 is 0 Å². The Bertz CT molecular complexity index is 483. The van der Waals surface area contributed by atoms with Crippen LogP contribution in [0.5, 0.6) is 0 Å². The van der Waals surface area contributed by atoms with Crippen molar-refractivity contribution in [3.63, 3.8) is 0 Å². The van der Waals surface area contributed by atoms with Gasteiger partial charge in [0, 0.05) is 7.05 Å². The highest BCUT2D eigenvalue weighted by atomic mass is 15.1. The number of aryl methyl sites for hydroxylation is 1. The number of hydrogen-bond acceptors (Lipinski definition) is 2. The van der Waals surface area contributed by atoms with Gasteiger partial charge in [0.25, 0.3) is 0 Å². The first kappa shape index (κ1) is 10.2. The molecule has 1 atom stereocenters. The van der Waals surface area contributed by atoms with E-state index < -0.39 is 0 Å². The van der Waals surface area contributed by atoms with Crippen molar-refractivity contribution in [3.8, 4) is 0 Å². The van der Waals surface area contributed by atoms with E-state index in [9.17, 15) is 0 Å². The summed E-state index contributed by atoms with van der Waals surface area (Å²) < 4.78 is 2.08. The Labute approximate surface area is 89.9 Å². The monoisotopic (exact) mass is 203 g/mol. The molecule has 15 heavy (non-hydrogen) atoms. The van der Waals surface area contributed by atoms with Crippen molar-refractivity contribution in [2.45, 2.75) is 25.8 Å². The SMILES string of the molecule is CCC(C)(N)c1nc2ccccc2n1C. The maximum Gasteiger partial charge on any atom is 0.129 e. The third-order valence-corrected chi connectivity index (χ3v) is 3.03. The number of rotatable bonds is 2. The topological polar surface area (TPSA) is 43.8 Å². The highest BCUT2D eigenvalue weighted by Crippen LogP contribution is 2.24. The van der Waals surface area contributed by atoms with E-state index in [2.05, 4.69) is 22.5 Å². The summed E-state index contributed by atoms with van der Waals surface area (Å²) in [7, 11) is 2.02. The Balaban J connectivity index is 2.68. The second-order valence-electron chi connectivity index (χ2n) is 4.25. The molecule has 2 N–H and O–H groups in total. The summed E-state index contributed by atoms with van der Waals surface area (Å²) in [6, 6.07) is 8.11. The highest BCUT2D eigenvalue weighted by molar-refractivity contribution is 5.76. The second-order valence-corrected chi connectivity index (χ2v) is 4.25. The molecule has 1 unspecified atom stereocenters. The number of benzene rings is 1. The molecule has 0 radical (unpaired) electrons. The smallest absolute Gasteiger partial charge is 0.129 e. The van der Waals surface area contributed by atoms with Gasteiger partial charge in [-0.25, -0.2) is 4.98 Å². The number of aromatic nitrogens is 2. The summed E-state index contributed by atoms with van der Waals surface area (Å²) in [5.41, 5.74) is 8.02. The van der Waals surface area contributed by atoms with Crippen molar-refractivity contribution >= 4 is 11.0 Å². The van der Waals surface area contributed by atoms with Gasteiger partial charge in [0.05, 0.1) is 16.6 Å². The van der Waals surface area contributed by atoms with Crippen molar-refractivity contribution in [3.05, 3.63) is 30.1 Å². The van der Waals surface area contributed by atoms with Crippen LogP contribution in [0.25, 0.3) is 11.0 Å². The van der Waals surface area contributed by atoms with Gasteiger partial charge in [-0.05, 0) is 25.5 Å². The molecule has 0 aliphatic heterocycles. The van der Waals surface area contributed by atoms with Crippen LogP contribution in [0.3, 0.4) is 0 Å². The summed E-state index contributed by atoms with van der Waals surface area (Å²) in [6.07, 6.45) is 0.879. The fourth-order valence-electron chi connectivity index (χ4n) is 1.81. The van der Waals surface area contributed by atoms with E-state index in [1.165, 1.54) is 0 Å².